The van der Waals surface area contributed by atoms with Crippen molar-refractivity contribution in [1.29, 1.82) is 0 Å². The van der Waals surface area contributed by atoms with Crippen LogP contribution in [0.4, 0.5) is 0 Å². The molecule has 2 aromatic rings. The molecule has 0 saturated heterocycles. The number of methoxy groups -OCH3 is 2. The van der Waals surface area contributed by atoms with E-state index in [4.69, 9.17) is 13.9 Å². The number of hydrogen-bond donors (Lipinski definition) is 1. The van der Waals surface area contributed by atoms with Crippen molar-refractivity contribution in [3.8, 4) is 17.2 Å². The van der Waals surface area contributed by atoms with E-state index in [0.29, 0.717) is 16.9 Å². The summed E-state index contributed by atoms with van der Waals surface area (Å²) in [4.78, 5) is 11.2. The van der Waals surface area contributed by atoms with Crippen LogP contribution in [0.5, 0.6) is 17.2 Å². The standard InChI is InChI=1S/C11H10O5/c1-14-7-3-6-4-8(12)11(13)16-10(6)9(5-7)15-2/h3-5,12H,1-2H3. The predicted molar refractivity (Wildman–Crippen MR) is 57.3 cm³/mol. The molecule has 5 heteroatoms. The molecule has 0 saturated carbocycles. The van der Waals surface area contributed by atoms with Gasteiger partial charge in [0.25, 0.3) is 0 Å². The van der Waals surface area contributed by atoms with Crippen molar-refractivity contribution in [2.45, 2.75) is 0 Å². The SMILES string of the molecule is COc1cc(OC)c2oc(=O)c(O)cc2c1. The molecule has 1 aromatic carbocycles. The second-order valence-electron chi connectivity index (χ2n) is 3.17. The molecule has 0 spiro atoms. The molecule has 0 aliphatic rings. The van der Waals surface area contributed by atoms with Gasteiger partial charge >= 0.3 is 5.63 Å². The maximum Gasteiger partial charge on any atom is 0.378 e. The molecule has 0 fully saturated rings. The van der Waals surface area contributed by atoms with Gasteiger partial charge in [0.05, 0.1) is 14.2 Å². The first-order chi connectivity index (χ1) is 7.65. The van der Waals surface area contributed by atoms with Crippen LogP contribution in [0.3, 0.4) is 0 Å². The lowest BCUT2D eigenvalue weighted by atomic mass is 10.2. The molecule has 1 aromatic heterocycles. The Kier molecular flexibility index (Phi) is 2.44. The molecule has 0 radical (unpaired) electrons. The van der Waals surface area contributed by atoms with Gasteiger partial charge in [-0.15, -0.1) is 0 Å². The van der Waals surface area contributed by atoms with Gasteiger partial charge in [-0.05, 0) is 12.1 Å². The molecule has 0 unspecified atom stereocenters. The smallest absolute Gasteiger partial charge is 0.378 e. The van der Waals surface area contributed by atoms with Crippen LogP contribution in [0, 0.1) is 0 Å². The second kappa shape index (κ2) is 3.77. The third-order valence-electron chi connectivity index (χ3n) is 2.21. The Morgan fingerprint density at radius 2 is 1.94 bits per heavy atom. The van der Waals surface area contributed by atoms with E-state index in [9.17, 15) is 9.90 Å². The van der Waals surface area contributed by atoms with Crippen LogP contribution in [0.25, 0.3) is 11.0 Å². The topological polar surface area (TPSA) is 68.9 Å². The number of ether oxygens (including phenoxy) is 2. The Hall–Kier alpha value is -2.17. The van der Waals surface area contributed by atoms with Crippen LogP contribution < -0.4 is 15.1 Å². The summed E-state index contributed by atoms with van der Waals surface area (Å²) in [5.41, 5.74) is -0.512. The van der Waals surface area contributed by atoms with E-state index in [1.807, 2.05) is 0 Å². The molecule has 0 bridgehead atoms. The van der Waals surface area contributed by atoms with E-state index in [0.717, 1.165) is 0 Å². The van der Waals surface area contributed by atoms with Gasteiger partial charge in [0.2, 0.25) is 5.75 Å². The normalized spacial score (nSPS) is 10.4. The summed E-state index contributed by atoms with van der Waals surface area (Å²) >= 11 is 0. The minimum absolute atomic E-state index is 0.283. The fourth-order valence-corrected chi connectivity index (χ4v) is 1.43. The zero-order valence-corrected chi connectivity index (χ0v) is 8.81. The van der Waals surface area contributed by atoms with Crippen molar-refractivity contribution in [2.24, 2.45) is 0 Å². The zero-order valence-electron chi connectivity index (χ0n) is 8.81. The third kappa shape index (κ3) is 1.56. The van der Waals surface area contributed by atoms with Crippen LogP contribution in [0.1, 0.15) is 0 Å². The quantitative estimate of drug-likeness (QED) is 0.780. The number of aromatic hydroxyl groups is 1. The number of hydrogen-bond acceptors (Lipinski definition) is 5. The summed E-state index contributed by atoms with van der Waals surface area (Å²) in [5.74, 6) is 0.492. The van der Waals surface area contributed by atoms with E-state index < -0.39 is 11.4 Å². The Morgan fingerprint density at radius 1 is 1.19 bits per heavy atom. The van der Waals surface area contributed by atoms with Crippen molar-refractivity contribution in [2.75, 3.05) is 14.2 Å². The highest BCUT2D eigenvalue weighted by Gasteiger charge is 2.10. The first kappa shape index (κ1) is 10.4. The number of rotatable bonds is 2. The van der Waals surface area contributed by atoms with E-state index in [1.54, 1.807) is 12.1 Å². The lowest BCUT2D eigenvalue weighted by Crippen LogP contribution is -1.98. The van der Waals surface area contributed by atoms with Crippen molar-refractivity contribution >= 4 is 11.0 Å². The van der Waals surface area contributed by atoms with Gasteiger partial charge in [0.1, 0.15) is 5.75 Å². The van der Waals surface area contributed by atoms with Crippen LogP contribution in [0.15, 0.2) is 27.4 Å². The molecule has 84 valence electrons. The molecule has 0 aliphatic carbocycles. The Balaban J connectivity index is 2.84. The van der Waals surface area contributed by atoms with Crippen LogP contribution in [-0.2, 0) is 0 Å². The van der Waals surface area contributed by atoms with Crippen molar-refractivity contribution in [3.63, 3.8) is 0 Å². The van der Waals surface area contributed by atoms with E-state index >= 15 is 0 Å². The lowest BCUT2D eigenvalue weighted by molar-refractivity contribution is 0.385. The van der Waals surface area contributed by atoms with Gasteiger partial charge in [-0.25, -0.2) is 4.79 Å². The van der Waals surface area contributed by atoms with E-state index in [-0.39, 0.29) is 5.58 Å². The molecule has 1 heterocycles. The molecule has 0 aliphatic heterocycles. The van der Waals surface area contributed by atoms with Crippen LogP contribution in [0.2, 0.25) is 0 Å². The second-order valence-corrected chi connectivity index (χ2v) is 3.17. The average molecular weight is 222 g/mol. The van der Waals surface area contributed by atoms with Gasteiger partial charge in [0.15, 0.2) is 11.3 Å². The summed E-state index contributed by atoms with van der Waals surface area (Å²) < 4.78 is 15.1. The number of benzene rings is 1. The Morgan fingerprint density at radius 3 is 2.56 bits per heavy atom. The molecule has 0 atom stereocenters. The van der Waals surface area contributed by atoms with Gasteiger partial charge in [-0.2, -0.15) is 0 Å². The predicted octanol–water partition coefficient (Wildman–Crippen LogP) is 1.52. The third-order valence-corrected chi connectivity index (χ3v) is 2.21. The summed E-state index contributed by atoms with van der Waals surface area (Å²) in [5, 5.41) is 9.79. The number of fused-ring (bicyclic) bond motifs is 1. The minimum atomic E-state index is -0.795. The first-order valence-corrected chi connectivity index (χ1v) is 4.54. The molecular weight excluding hydrogens is 212 g/mol. The Bertz CT molecular complexity index is 585. The van der Waals surface area contributed by atoms with Crippen molar-refractivity contribution < 1.29 is 19.0 Å². The first-order valence-electron chi connectivity index (χ1n) is 4.54. The van der Waals surface area contributed by atoms with E-state index in [2.05, 4.69) is 0 Å². The molecule has 0 amide bonds. The summed E-state index contributed by atoms with van der Waals surface area (Å²) in [6, 6.07) is 4.55. The molecule has 5 nitrogen and oxygen atoms in total. The maximum atomic E-state index is 11.2. The van der Waals surface area contributed by atoms with Gasteiger partial charge in [-0.1, -0.05) is 0 Å². The molecular formula is C11H10O5. The zero-order chi connectivity index (χ0) is 11.7. The van der Waals surface area contributed by atoms with Gasteiger partial charge in [0, 0.05) is 11.5 Å². The fourth-order valence-electron chi connectivity index (χ4n) is 1.43. The monoisotopic (exact) mass is 222 g/mol. The lowest BCUT2D eigenvalue weighted by Gasteiger charge is -2.07. The largest absolute Gasteiger partial charge is 0.502 e. The van der Waals surface area contributed by atoms with Crippen LogP contribution >= 0.6 is 0 Å². The highest BCUT2D eigenvalue weighted by atomic mass is 16.5. The Labute approximate surface area is 90.8 Å². The fraction of sp³-hybridized carbons (Fsp3) is 0.182. The highest BCUT2D eigenvalue weighted by molar-refractivity contribution is 5.85. The van der Waals surface area contributed by atoms with Crippen molar-refractivity contribution in [3.05, 3.63) is 28.6 Å². The highest BCUT2D eigenvalue weighted by Crippen LogP contribution is 2.31. The molecule has 1 N–H and O–H groups in total. The summed E-state index contributed by atoms with van der Waals surface area (Å²) in [6.07, 6.45) is 0. The average Bonchev–Trinajstić information content (AvgIpc) is 2.29. The van der Waals surface area contributed by atoms with Gasteiger partial charge < -0.3 is 19.0 Å². The summed E-state index contributed by atoms with van der Waals surface area (Å²) in [6.45, 7) is 0. The van der Waals surface area contributed by atoms with Crippen molar-refractivity contribution in [1.82, 2.24) is 0 Å². The minimum Gasteiger partial charge on any atom is -0.502 e. The van der Waals surface area contributed by atoms with E-state index in [1.165, 1.54) is 20.3 Å². The molecule has 2 rings (SSSR count). The van der Waals surface area contributed by atoms with Gasteiger partial charge in [-0.3, -0.25) is 0 Å². The summed E-state index contributed by atoms with van der Waals surface area (Å²) in [7, 11) is 2.97. The maximum absolute atomic E-state index is 11.2. The molecule has 16 heavy (non-hydrogen) atoms. The van der Waals surface area contributed by atoms with Crippen LogP contribution in [-0.4, -0.2) is 19.3 Å².